The smallest absolute Gasteiger partial charge is 0.491 e. The van der Waals surface area contributed by atoms with Gasteiger partial charge >= 0.3 is 58.4 Å². The fourth-order valence-electron chi connectivity index (χ4n) is 1.19. The van der Waals surface area contributed by atoms with Crippen LogP contribution in [0.4, 0.5) is 21.7 Å². The second-order valence-electron chi connectivity index (χ2n) is 3.01. The van der Waals surface area contributed by atoms with E-state index in [0.29, 0.717) is 12.1 Å². The van der Waals surface area contributed by atoms with Crippen LogP contribution in [0, 0.1) is 11.6 Å². The fourth-order valence-corrected chi connectivity index (χ4v) is 1.19. The molecule has 0 saturated heterocycles. The van der Waals surface area contributed by atoms with Gasteiger partial charge < -0.3 is 17.7 Å². The molecule has 1 aromatic rings. The monoisotopic (exact) mass is 264 g/mol. The zero-order chi connectivity index (χ0) is 11.6. The molecule has 1 nitrogen and oxygen atoms in total. The maximum Gasteiger partial charge on any atom is 1.00 e. The molecule has 0 heterocycles. The van der Waals surface area contributed by atoms with Gasteiger partial charge in [-0.2, -0.15) is 0 Å². The van der Waals surface area contributed by atoms with Gasteiger partial charge in [0.25, 0.3) is 0 Å². The van der Waals surface area contributed by atoms with Gasteiger partial charge in [-0.1, -0.05) is 11.9 Å². The summed E-state index contributed by atoms with van der Waals surface area (Å²) in [5.74, 6) is -2.94. The summed E-state index contributed by atoms with van der Waals surface area (Å²) in [5.41, 5.74) is -0.446. The molecule has 0 fully saturated rings. The topological polar surface area (TPSA) is 9.23 Å². The number of hydrogen-bond acceptors (Lipinski definition) is 1. The molecule has 84 valence electrons. The molecule has 0 radical (unpaired) electrons. The Morgan fingerprint density at radius 3 is 1.88 bits per heavy atom. The van der Waals surface area contributed by atoms with Crippen LogP contribution in [-0.2, 0) is 6.32 Å². The third kappa shape index (κ3) is 4.70. The molecule has 1 rings (SSSR count). The molecule has 8 heteroatoms. The molecule has 0 spiro atoms. The van der Waals surface area contributed by atoms with E-state index in [-0.39, 0.29) is 51.4 Å². The number of hydrogen-bond donors (Lipinski definition) is 0. The van der Waals surface area contributed by atoms with Gasteiger partial charge in [-0.3, -0.25) is 0 Å². The Kier molecular flexibility index (Phi) is 6.49. The Hall–Kier alpha value is 0.371. The van der Waals surface area contributed by atoms with Gasteiger partial charge in [0.2, 0.25) is 0 Å². The Labute approximate surface area is 132 Å². The van der Waals surface area contributed by atoms with Crippen LogP contribution >= 0.6 is 0 Å². The standard InChI is InChI=1S/C8H7BF5O.K/c1-15-8-6(10)2-5(3-7(8)11)4-9(12,13)14;/h2-3H,4H2,1H3;/q-1;+1. The second kappa shape index (κ2) is 6.34. The molecule has 0 aliphatic carbocycles. The predicted molar refractivity (Wildman–Crippen MR) is 45.7 cm³/mol. The van der Waals surface area contributed by atoms with Crippen molar-refractivity contribution >= 4 is 6.98 Å². The zero-order valence-electron chi connectivity index (χ0n) is 8.74. The van der Waals surface area contributed by atoms with Crippen molar-refractivity contribution in [3.63, 3.8) is 0 Å². The van der Waals surface area contributed by atoms with Crippen molar-refractivity contribution in [2.24, 2.45) is 0 Å². The van der Waals surface area contributed by atoms with Crippen molar-refractivity contribution < 1.29 is 77.8 Å². The van der Waals surface area contributed by atoms with E-state index < -0.39 is 36.2 Å². The summed E-state index contributed by atoms with van der Waals surface area (Å²) in [6.07, 6.45) is -1.31. The SMILES string of the molecule is COc1c(F)cc(C[B-](F)(F)F)cc1F.[K+]. The Morgan fingerprint density at radius 2 is 1.56 bits per heavy atom. The van der Waals surface area contributed by atoms with E-state index in [2.05, 4.69) is 4.74 Å². The predicted octanol–water partition coefficient (Wildman–Crippen LogP) is -0.0935. The van der Waals surface area contributed by atoms with Crippen LogP contribution in [0.3, 0.4) is 0 Å². The van der Waals surface area contributed by atoms with Crippen molar-refractivity contribution in [2.75, 3.05) is 7.11 Å². The minimum Gasteiger partial charge on any atom is -0.491 e. The van der Waals surface area contributed by atoms with Gasteiger partial charge in [-0.05, 0) is 12.1 Å². The number of rotatable bonds is 3. The van der Waals surface area contributed by atoms with Crippen LogP contribution in [-0.4, -0.2) is 14.1 Å². The summed E-state index contributed by atoms with van der Waals surface area (Å²) in [5, 5.41) is 0. The number of methoxy groups -OCH3 is 1. The van der Waals surface area contributed by atoms with Gasteiger partial charge in [0.05, 0.1) is 7.11 Å². The van der Waals surface area contributed by atoms with Gasteiger partial charge in [-0.25, -0.2) is 8.78 Å². The van der Waals surface area contributed by atoms with E-state index in [9.17, 15) is 21.7 Å². The van der Waals surface area contributed by atoms with Gasteiger partial charge in [0.1, 0.15) is 0 Å². The second-order valence-corrected chi connectivity index (χ2v) is 3.01. The third-order valence-corrected chi connectivity index (χ3v) is 1.73. The average molecular weight is 264 g/mol. The minimum atomic E-state index is -5.10. The van der Waals surface area contributed by atoms with Gasteiger partial charge in [0.15, 0.2) is 17.4 Å². The van der Waals surface area contributed by atoms with Crippen molar-refractivity contribution in [1.82, 2.24) is 0 Å². The molecule has 0 unspecified atom stereocenters. The summed E-state index contributed by atoms with van der Waals surface area (Å²) >= 11 is 0. The molecule has 0 aliphatic rings. The first-order valence-electron chi connectivity index (χ1n) is 4.06. The maximum absolute atomic E-state index is 13.0. The largest absolute Gasteiger partial charge is 1.00 e. The summed E-state index contributed by atoms with van der Waals surface area (Å²) in [6.45, 7) is -5.10. The van der Waals surface area contributed by atoms with Gasteiger partial charge in [-0.15, -0.1) is 0 Å². The van der Waals surface area contributed by atoms with E-state index in [0.717, 1.165) is 7.11 Å². The Balaban J connectivity index is 0.00000225. The fraction of sp³-hybridized carbons (Fsp3) is 0.250. The van der Waals surface area contributed by atoms with E-state index >= 15 is 0 Å². The molecule has 0 amide bonds. The zero-order valence-corrected chi connectivity index (χ0v) is 11.9. The summed E-state index contributed by atoms with van der Waals surface area (Å²) in [7, 11) is 1.04. The molecule has 16 heavy (non-hydrogen) atoms. The number of halogens is 5. The maximum atomic E-state index is 13.0. The van der Waals surface area contributed by atoms with E-state index in [1.54, 1.807) is 0 Å². The molecular weight excluding hydrogens is 257 g/mol. The molecule has 1 aromatic carbocycles. The van der Waals surface area contributed by atoms with E-state index in [1.807, 2.05) is 0 Å². The molecule has 0 N–H and O–H groups in total. The minimum absolute atomic E-state index is 0. The van der Waals surface area contributed by atoms with E-state index in [1.165, 1.54) is 0 Å². The van der Waals surface area contributed by atoms with Crippen LogP contribution in [0.2, 0.25) is 0 Å². The molecule has 0 aliphatic heterocycles. The number of ether oxygens (including phenoxy) is 1. The third-order valence-electron chi connectivity index (χ3n) is 1.73. The Morgan fingerprint density at radius 1 is 1.12 bits per heavy atom. The van der Waals surface area contributed by atoms with Crippen molar-refractivity contribution in [2.45, 2.75) is 6.32 Å². The van der Waals surface area contributed by atoms with Crippen molar-refractivity contribution in [3.05, 3.63) is 29.3 Å². The summed E-state index contributed by atoms with van der Waals surface area (Å²) in [4.78, 5) is 0. The van der Waals surface area contributed by atoms with Crippen molar-refractivity contribution in [3.8, 4) is 5.75 Å². The first-order valence-corrected chi connectivity index (χ1v) is 4.06. The summed E-state index contributed by atoms with van der Waals surface area (Å²) < 4.78 is 66.2. The van der Waals surface area contributed by atoms with E-state index in [4.69, 9.17) is 0 Å². The summed E-state index contributed by atoms with van der Waals surface area (Å²) in [6, 6.07) is 1.24. The molecule has 0 aromatic heterocycles. The molecule has 0 atom stereocenters. The normalized spacial score (nSPS) is 10.9. The van der Waals surface area contributed by atoms with Crippen LogP contribution in [0.15, 0.2) is 12.1 Å². The van der Waals surface area contributed by atoms with Crippen LogP contribution in [0.5, 0.6) is 5.75 Å². The number of benzene rings is 1. The van der Waals surface area contributed by atoms with Crippen molar-refractivity contribution in [1.29, 1.82) is 0 Å². The average Bonchev–Trinajstić information content (AvgIpc) is 1.99. The molecule has 0 saturated carbocycles. The molecule has 0 bridgehead atoms. The first kappa shape index (κ1) is 16.4. The molecular formula is C8H7BF5KO. The van der Waals surface area contributed by atoms with Gasteiger partial charge in [0, 0.05) is 0 Å². The first-order chi connectivity index (χ1) is 6.83. The van der Waals surface area contributed by atoms with Crippen LogP contribution in [0.25, 0.3) is 0 Å². The van der Waals surface area contributed by atoms with Crippen LogP contribution < -0.4 is 56.1 Å². The Bertz CT molecular complexity index is 345. The quantitative estimate of drug-likeness (QED) is 0.547. The van der Waals surface area contributed by atoms with Crippen LogP contribution in [0.1, 0.15) is 5.56 Å².